The van der Waals surface area contributed by atoms with E-state index in [1.54, 1.807) is 0 Å². The van der Waals surface area contributed by atoms with Gasteiger partial charge in [0.15, 0.2) is 0 Å². The molecule has 5 heteroatoms. The van der Waals surface area contributed by atoms with E-state index in [0.717, 1.165) is 19.3 Å². The Morgan fingerprint density at radius 3 is 2.85 bits per heavy atom. The summed E-state index contributed by atoms with van der Waals surface area (Å²) < 4.78 is 0. The van der Waals surface area contributed by atoms with E-state index in [9.17, 15) is 4.79 Å². The number of amides is 1. The van der Waals surface area contributed by atoms with E-state index in [1.807, 2.05) is 0 Å². The van der Waals surface area contributed by atoms with Crippen LogP contribution in [0.1, 0.15) is 26.2 Å². The standard InChI is InChI=1S/C8H18N2O3/c1-7(11)10-5-3-2-4-8(9)6-13-12/h8,12H,2-6,9H2,1H3,(H,10,11)/t8-/m0/s1. The van der Waals surface area contributed by atoms with Crippen molar-refractivity contribution in [1.82, 2.24) is 5.32 Å². The number of carbonyl (C=O) groups is 1. The van der Waals surface area contributed by atoms with Gasteiger partial charge in [0, 0.05) is 19.5 Å². The number of hydrogen-bond acceptors (Lipinski definition) is 4. The molecule has 0 bridgehead atoms. The van der Waals surface area contributed by atoms with Gasteiger partial charge in [0.2, 0.25) is 5.91 Å². The Labute approximate surface area is 78.2 Å². The Morgan fingerprint density at radius 1 is 1.62 bits per heavy atom. The summed E-state index contributed by atoms with van der Waals surface area (Å²) in [4.78, 5) is 14.4. The molecule has 13 heavy (non-hydrogen) atoms. The van der Waals surface area contributed by atoms with Crippen LogP contribution in [0.5, 0.6) is 0 Å². The Kier molecular flexibility index (Phi) is 7.57. The third kappa shape index (κ3) is 9.26. The van der Waals surface area contributed by atoms with Crippen LogP contribution in [0.4, 0.5) is 0 Å². The zero-order chi connectivity index (χ0) is 10.1. The van der Waals surface area contributed by atoms with E-state index < -0.39 is 0 Å². The summed E-state index contributed by atoms with van der Waals surface area (Å²) >= 11 is 0. The number of carbonyl (C=O) groups excluding carboxylic acids is 1. The van der Waals surface area contributed by atoms with Crippen LogP contribution in [0.25, 0.3) is 0 Å². The van der Waals surface area contributed by atoms with E-state index in [4.69, 9.17) is 11.0 Å². The second-order valence-electron chi connectivity index (χ2n) is 3.03. The van der Waals surface area contributed by atoms with E-state index in [1.165, 1.54) is 6.92 Å². The quantitative estimate of drug-likeness (QED) is 0.302. The van der Waals surface area contributed by atoms with Gasteiger partial charge < -0.3 is 11.1 Å². The second-order valence-corrected chi connectivity index (χ2v) is 3.03. The molecule has 0 spiro atoms. The fourth-order valence-electron chi connectivity index (χ4n) is 0.975. The van der Waals surface area contributed by atoms with Crippen molar-refractivity contribution in [1.29, 1.82) is 0 Å². The summed E-state index contributed by atoms with van der Waals surface area (Å²) in [6.07, 6.45) is 2.61. The van der Waals surface area contributed by atoms with Gasteiger partial charge in [0.05, 0.1) is 6.61 Å². The van der Waals surface area contributed by atoms with Crippen molar-refractivity contribution >= 4 is 5.91 Å². The highest BCUT2D eigenvalue weighted by Gasteiger charge is 2.01. The molecule has 0 unspecified atom stereocenters. The Balaban J connectivity index is 3.11. The molecule has 0 rings (SSSR count). The van der Waals surface area contributed by atoms with Crippen molar-refractivity contribution in [3.05, 3.63) is 0 Å². The zero-order valence-electron chi connectivity index (χ0n) is 7.95. The van der Waals surface area contributed by atoms with Crippen LogP contribution < -0.4 is 11.1 Å². The van der Waals surface area contributed by atoms with Gasteiger partial charge >= 0.3 is 0 Å². The van der Waals surface area contributed by atoms with Crippen LogP contribution in [-0.2, 0) is 9.68 Å². The van der Waals surface area contributed by atoms with Gasteiger partial charge in [-0.05, 0) is 12.8 Å². The molecule has 5 nitrogen and oxygen atoms in total. The molecule has 0 saturated heterocycles. The van der Waals surface area contributed by atoms with E-state index >= 15 is 0 Å². The molecule has 78 valence electrons. The van der Waals surface area contributed by atoms with Crippen LogP contribution in [0.3, 0.4) is 0 Å². The van der Waals surface area contributed by atoms with Gasteiger partial charge in [0.1, 0.15) is 0 Å². The largest absolute Gasteiger partial charge is 0.356 e. The molecule has 0 heterocycles. The normalized spacial score (nSPS) is 12.5. The molecule has 0 aliphatic carbocycles. The van der Waals surface area contributed by atoms with Crippen molar-refractivity contribution < 1.29 is 14.9 Å². The van der Waals surface area contributed by atoms with Crippen molar-refractivity contribution in [3.63, 3.8) is 0 Å². The molecular formula is C8H18N2O3. The van der Waals surface area contributed by atoms with Gasteiger partial charge in [-0.3, -0.25) is 10.1 Å². The molecule has 1 atom stereocenters. The fourth-order valence-corrected chi connectivity index (χ4v) is 0.975. The van der Waals surface area contributed by atoms with Crippen molar-refractivity contribution in [2.75, 3.05) is 13.2 Å². The highest BCUT2D eigenvalue weighted by atomic mass is 17.1. The molecule has 1 amide bonds. The number of rotatable bonds is 7. The Hall–Kier alpha value is -0.650. The predicted molar refractivity (Wildman–Crippen MR) is 49.1 cm³/mol. The highest BCUT2D eigenvalue weighted by molar-refractivity contribution is 5.72. The lowest BCUT2D eigenvalue weighted by atomic mass is 10.1. The maximum atomic E-state index is 10.5. The van der Waals surface area contributed by atoms with E-state index in [0.29, 0.717) is 6.54 Å². The highest BCUT2D eigenvalue weighted by Crippen LogP contribution is 1.98. The molecule has 0 aliphatic rings. The van der Waals surface area contributed by atoms with Gasteiger partial charge in [-0.15, -0.1) is 0 Å². The Morgan fingerprint density at radius 2 is 2.31 bits per heavy atom. The number of nitrogens with two attached hydrogens (primary N) is 1. The van der Waals surface area contributed by atoms with Crippen LogP contribution in [0, 0.1) is 0 Å². The SMILES string of the molecule is CC(=O)NCCCC[C@H](N)COO. The van der Waals surface area contributed by atoms with Crippen molar-refractivity contribution in [3.8, 4) is 0 Å². The lowest BCUT2D eigenvalue weighted by molar-refractivity contribution is -0.245. The summed E-state index contributed by atoms with van der Waals surface area (Å²) in [7, 11) is 0. The predicted octanol–water partition coefficient (Wildman–Crippen LogP) is 0.110. The first kappa shape index (κ1) is 12.3. The average molecular weight is 190 g/mol. The van der Waals surface area contributed by atoms with E-state index in [-0.39, 0.29) is 18.6 Å². The molecule has 0 aliphatic heterocycles. The fraction of sp³-hybridized carbons (Fsp3) is 0.875. The molecular weight excluding hydrogens is 172 g/mol. The third-order valence-electron chi connectivity index (χ3n) is 1.66. The minimum atomic E-state index is -0.123. The first-order valence-corrected chi connectivity index (χ1v) is 4.43. The molecule has 0 aromatic rings. The van der Waals surface area contributed by atoms with Crippen LogP contribution in [-0.4, -0.2) is 30.4 Å². The summed E-state index contributed by atoms with van der Waals surface area (Å²) in [5, 5.41) is 10.8. The molecule has 0 radical (unpaired) electrons. The molecule has 4 N–H and O–H groups in total. The summed E-state index contributed by atoms with van der Waals surface area (Å²) in [6, 6.07) is -0.123. The molecule has 0 aromatic carbocycles. The molecule has 0 fully saturated rings. The first-order chi connectivity index (χ1) is 6.16. The number of hydrogen-bond donors (Lipinski definition) is 3. The number of unbranched alkanes of at least 4 members (excludes halogenated alkanes) is 1. The van der Waals surface area contributed by atoms with Gasteiger partial charge in [-0.2, -0.15) is 0 Å². The van der Waals surface area contributed by atoms with Gasteiger partial charge in [-0.25, -0.2) is 4.89 Å². The molecule has 0 saturated carbocycles. The first-order valence-electron chi connectivity index (χ1n) is 4.43. The zero-order valence-corrected chi connectivity index (χ0v) is 7.95. The topological polar surface area (TPSA) is 84.6 Å². The van der Waals surface area contributed by atoms with Crippen LogP contribution in [0.2, 0.25) is 0 Å². The maximum absolute atomic E-state index is 10.5. The number of nitrogens with one attached hydrogen (secondary N) is 1. The summed E-state index contributed by atoms with van der Waals surface area (Å²) in [5.74, 6) is -0.0111. The maximum Gasteiger partial charge on any atom is 0.216 e. The van der Waals surface area contributed by atoms with Gasteiger partial charge in [0.25, 0.3) is 0 Å². The lowest BCUT2D eigenvalue weighted by Crippen LogP contribution is -2.26. The monoisotopic (exact) mass is 190 g/mol. The van der Waals surface area contributed by atoms with Crippen molar-refractivity contribution in [2.24, 2.45) is 5.73 Å². The summed E-state index contributed by atoms with van der Waals surface area (Å²) in [6.45, 7) is 2.34. The smallest absolute Gasteiger partial charge is 0.216 e. The summed E-state index contributed by atoms with van der Waals surface area (Å²) in [5.41, 5.74) is 5.55. The minimum absolute atomic E-state index is 0.0111. The van der Waals surface area contributed by atoms with Crippen molar-refractivity contribution in [2.45, 2.75) is 32.2 Å². The third-order valence-corrected chi connectivity index (χ3v) is 1.66. The second kappa shape index (κ2) is 7.97. The van der Waals surface area contributed by atoms with Crippen LogP contribution in [0.15, 0.2) is 0 Å². The van der Waals surface area contributed by atoms with Crippen LogP contribution >= 0.6 is 0 Å². The lowest BCUT2D eigenvalue weighted by Gasteiger charge is -2.08. The Bertz CT molecular complexity index is 141. The van der Waals surface area contributed by atoms with Gasteiger partial charge in [-0.1, -0.05) is 6.42 Å². The molecule has 0 aromatic heterocycles. The average Bonchev–Trinajstić information content (AvgIpc) is 2.03. The minimum Gasteiger partial charge on any atom is -0.356 e. The van der Waals surface area contributed by atoms with E-state index in [2.05, 4.69) is 10.2 Å².